The molecule has 4 heteroatoms. The van der Waals surface area contributed by atoms with Crippen LogP contribution in [0, 0.1) is 5.92 Å². The summed E-state index contributed by atoms with van der Waals surface area (Å²) < 4.78 is 0. The lowest BCUT2D eigenvalue weighted by Crippen LogP contribution is -2.38. The third kappa shape index (κ3) is 4.41. The number of Topliss-reactive ketones (excluding diaryl/α,β-unsaturated/α-hetero) is 1. The first kappa shape index (κ1) is 16.7. The van der Waals surface area contributed by atoms with Gasteiger partial charge in [0.1, 0.15) is 0 Å². The largest absolute Gasteiger partial charge is 0.351 e. The van der Waals surface area contributed by atoms with Crippen LogP contribution < -0.4 is 5.32 Å². The van der Waals surface area contributed by atoms with Crippen LogP contribution in [0.2, 0.25) is 0 Å². The second-order valence-corrected chi connectivity index (χ2v) is 6.22. The van der Waals surface area contributed by atoms with Crippen LogP contribution in [0.25, 0.3) is 0 Å². The van der Waals surface area contributed by atoms with Crippen LogP contribution in [0.5, 0.6) is 0 Å². The van der Waals surface area contributed by atoms with Gasteiger partial charge in [-0.05, 0) is 32.0 Å². The van der Waals surface area contributed by atoms with Crippen molar-refractivity contribution in [1.29, 1.82) is 0 Å². The summed E-state index contributed by atoms with van der Waals surface area (Å²) in [7, 11) is 0. The van der Waals surface area contributed by atoms with Crippen molar-refractivity contribution >= 4 is 11.7 Å². The number of carbonyl (C=O) groups excluding carboxylic acids is 2. The molecule has 22 heavy (non-hydrogen) atoms. The topological polar surface area (TPSA) is 49.4 Å². The third-order valence-electron chi connectivity index (χ3n) is 4.12. The van der Waals surface area contributed by atoms with E-state index in [1.165, 1.54) is 19.3 Å². The molecular formula is C18H26N2O2. The van der Waals surface area contributed by atoms with E-state index in [1.54, 1.807) is 24.3 Å². The van der Waals surface area contributed by atoms with E-state index in [-0.39, 0.29) is 17.6 Å². The number of benzene rings is 1. The highest BCUT2D eigenvalue weighted by atomic mass is 16.2. The number of hydrogen-bond acceptors (Lipinski definition) is 3. The van der Waals surface area contributed by atoms with Gasteiger partial charge in [0.25, 0.3) is 5.91 Å². The van der Waals surface area contributed by atoms with Crippen LogP contribution in [0.1, 0.15) is 53.8 Å². The van der Waals surface area contributed by atoms with E-state index < -0.39 is 0 Å². The molecule has 0 atom stereocenters. The zero-order chi connectivity index (χ0) is 15.9. The number of nitrogens with one attached hydrogen (secondary N) is 1. The van der Waals surface area contributed by atoms with Crippen molar-refractivity contribution in [2.45, 2.75) is 33.1 Å². The highest BCUT2D eigenvalue weighted by Crippen LogP contribution is 2.14. The zero-order valence-electron chi connectivity index (χ0n) is 13.6. The number of ketones is 1. The second-order valence-electron chi connectivity index (χ2n) is 6.22. The fourth-order valence-corrected chi connectivity index (χ4v) is 2.81. The predicted molar refractivity (Wildman–Crippen MR) is 88.2 cm³/mol. The normalized spacial score (nSPS) is 15.8. The number of piperidine rings is 1. The Kier molecular flexibility index (Phi) is 6.13. The molecule has 1 amide bonds. The van der Waals surface area contributed by atoms with Gasteiger partial charge in [-0.15, -0.1) is 0 Å². The molecule has 1 N–H and O–H groups in total. The molecule has 1 aromatic carbocycles. The first-order chi connectivity index (χ1) is 10.6. The predicted octanol–water partition coefficient (Wildman–Crippen LogP) is 2.74. The molecule has 0 bridgehead atoms. The summed E-state index contributed by atoms with van der Waals surface area (Å²) in [5.41, 5.74) is 1.01. The molecule has 2 rings (SSSR count). The van der Waals surface area contributed by atoms with Gasteiger partial charge in [0.15, 0.2) is 5.78 Å². The van der Waals surface area contributed by atoms with E-state index in [0.29, 0.717) is 17.7 Å². The maximum absolute atomic E-state index is 12.4. The molecule has 1 aliphatic rings. The lowest BCUT2D eigenvalue weighted by Gasteiger charge is -2.26. The average Bonchev–Trinajstić information content (AvgIpc) is 2.55. The van der Waals surface area contributed by atoms with Gasteiger partial charge in [0, 0.05) is 24.6 Å². The summed E-state index contributed by atoms with van der Waals surface area (Å²) in [6.07, 6.45) is 3.81. The monoisotopic (exact) mass is 302 g/mol. The van der Waals surface area contributed by atoms with Crippen molar-refractivity contribution in [2.24, 2.45) is 5.92 Å². The van der Waals surface area contributed by atoms with Crippen LogP contribution in [0.3, 0.4) is 0 Å². The van der Waals surface area contributed by atoms with Crippen molar-refractivity contribution in [2.75, 3.05) is 26.2 Å². The van der Waals surface area contributed by atoms with Gasteiger partial charge in [-0.2, -0.15) is 0 Å². The van der Waals surface area contributed by atoms with E-state index >= 15 is 0 Å². The van der Waals surface area contributed by atoms with Gasteiger partial charge in [-0.1, -0.05) is 38.5 Å². The Balaban J connectivity index is 1.93. The third-order valence-corrected chi connectivity index (χ3v) is 4.12. The quantitative estimate of drug-likeness (QED) is 0.822. The smallest absolute Gasteiger partial charge is 0.252 e. The SMILES string of the molecule is CC(C)C(=O)c1ccccc1C(=O)NCCN1CCCCC1. The minimum Gasteiger partial charge on any atom is -0.351 e. The molecule has 1 fully saturated rings. The lowest BCUT2D eigenvalue weighted by atomic mass is 9.96. The van der Waals surface area contributed by atoms with Gasteiger partial charge in [-0.3, -0.25) is 9.59 Å². The maximum Gasteiger partial charge on any atom is 0.252 e. The Morgan fingerprint density at radius 1 is 1.09 bits per heavy atom. The van der Waals surface area contributed by atoms with Crippen molar-refractivity contribution in [3.05, 3.63) is 35.4 Å². The van der Waals surface area contributed by atoms with Gasteiger partial charge in [-0.25, -0.2) is 0 Å². The molecule has 1 aliphatic heterocycles. The van der Waals surface area contributed by atoms with Crippen LogP contribution >= 0.6 is 0 Å². The molecule has 0 aliphatic carbocycles. The molecule has 0 unspecified atom stereocenters. The number of nitrogens with zero attached hydrogens (tertiary/aromatic N) is 1. The maximum atomic E-state index is 12.4. The summed E-state index contributed by atoms with van der Waals surface area (Å²) in [5, 5.41) is 2.95. The van der Waals surface area contributed by atoms with Crippen molar-refractivity contribution in [3.8, 4) is 0 Å². The van der Waals surface area contributed by atoms with Gasteiger partial charge < -0.3 is 10.2 Å². The average molecular weight is 302 g/mol. The standard InChI is InChI=1S/C18H26N2O2/c1-14(2)17(21)15-8-4-5-9-16(15)18(22)19-10-13-20-11-6-3-7-12-20/h4-5,8-9,14H,3,6-7,10-13H2,1-2H3,(H,19,22). The number of hydrogen-bond donors (Lipinski definition) is 1. The second kappa shape index (κ2) is 8.08. The first-order valence-electron chi connectivity index (χ1n) is 8.23. The van der Waals surface area contributed by atoms with E-state index in [0.717, 1.165) is 19.6 Å². The lowest BCUT2D eigenvalue weighted by molar-refractivity contribution is 0.0909. The molecule has 0 saturated carbocycles. The Morgan fingerprint density at radius 3 is 2.36 bits per heavy atom. The Bertz CT molecular complexity index is 520. The molecular weight excluding hydrogens is 276 g/mol. The molecule has 4 nitrogen and oxygen atoms in total. The van der Waals surface area contributed by atoms with Gasteiger partial charge in [0.2, 0.25) is 0 Å². The van der Waals surface area contributed by atoms with Gasteiger partial charge in [0.05, 0.1) is 5.56 Å². The van der Waals surface area contributed by atoms with E-state index in [1.807, 2.05) is 13.8 Å². The number of amides is 1. The summed E-state index contributed by atoms with van der Waals surface area (Å²) in [4.78, 5) is 26.9. The van der Waals surface area contributed by atoms with E-state index in [4.69, 9.17) is 0 Å². The minimum absolute atomic E-state index is 0.0155. The van der Waals surface area contributed by atoms with Gasteiger partial charge >= 0.3 is 0 Å². The highest BCUT2D eigenvalue weighted by Gasteiger charge is 2.18. The zero-order valence-corrected chi connectivity index (χ0v) is 13.6. The van der Waals surface area contributed by atoms with E-state index in [2.05, 4.69) is 10.2 Å². The van der Waals surface area contributed by atoms with Crippen LogP contribution in [0.4, 0.5) is 0 Å². The summed E-state index contributed by atoms with van der Waals surface area (Å²) in [6.45, 7) is 7.46. The fraction of sp³-hybridized carbons (Fsp3) is 0.556. The molecule has 1 aromatic rings. The molecule has 0 aromatic heterocycles. The number of carbonyl (C=O) groups is 2. The molecule has 0 spiro atoms. The fourth-order valence-electron chi connectivity index (χ4n) is 2.81. The summed E-state index contributed by atoms with van der Waals surface area (Å²) in [6, 6.07) is 7.07. The minimum atomic E-state index is -0.151. The van der Waals surface area contributed by atoms with Crippen molar-refractivity contribution < 1.29 is 9.59 Å². The molecule has 120 valence electrons. The molecule has 0 radical (unpaired) electrons. The Hall–Kier alpha value is -1.68. The Labute approximate surface area is 132 Å². The first-order valence-corrected chi connectivity index (χ1v) is 8.23. The number of likely N-dealkylation sites (tertiary alicyclic amines) is 1. The van der Waals surface area contributed by atoms with Crippen molar-refractivity contribution in [1.82, 2.24) is 10.2 Å². The van der Waals surface area contributed by atoms with Crippen LogP contribution in [-0.2, 0) is 0 Å². The number of rotatable bonds is 6. The Morgan fingerprint density at radius 2 is 1.73 bits per heavy atom. The highest BCUT2D eigenvalue weighted by molar-refractivity contribution is 6.08. The molecule has 1 heterocycles. The molecule has 1 saturated heterocycles. The van der Waals surface area contributed by atoms with Crippen molar-refractivity contribution in [3.63, 3.8) is 0 Å². The summed E-state index contributed by atoms with van der Waals surface area (Å²) in [5.74, 6) is -0.245. The summed E-state index contributed by atoms with van der Waals surface area (Å²) >= 11 is 0. The van der Waals surface area contributed by atoms with Crippen LogP contribution in [0.15, 0.2) is 24.3 Å². The van der Waals surface area contributed by atoms with E-state index in [9.17, 15) is 9.59 Å². The van der Waals surface area contributed by atoms with Crippen LogP contribution in [-0.4, -0.2) is 42.8 Å².